The summed E-state index contributed by atoms with van der Waals surface area (Å²) in [5.74, 6) is 1.80. The molecule has 0 amide bonds. The van der Waals surface area contributed by atoms with Crippen LogP contribution in [0.4, 0.5) is 0 Å². The van der Waals surface area contributed by atoms with Crippen molar-refractivity contribution >= 4 is 11.8 Å². The number of hydrogen-bond acceptors (Lipinski definition) is 3. The molecule has 2 atom stereocenters. The highest BCUT2D eigenvalue weighted by Gasteiger charge is 2.42. The zero-order valence-corrected chi connectivity index (χ0v) is 9.88. The fourth-order valence-corrected chi connectivity index (χ4v) is 3.39. The van der Waals surface area contributed by atoms with Gasteiger partial charge in [-0.25, -0.2) is 0 Å². The Kier molecular flexibility index (Phi) is 2.94. The third-order valence-electron chi connectivity index (χ3n) is 3.10. The molecule has 1 aliphatic heterocycles. The quantitative estimate of drug-likeness (QED) is 0.836. The van der Waals surface area contributed by atoms with Crippen molar-refractivity contribution in [3.05, 3.63) is 29.8 Å². The zero-order valence-electron chi connectivity index (χ0n) is 9.06. The van der Waals surface area contributed by atoms with Gasteiger partial charge in [-0.05, 0) is 18.2 Å². The van der Waals surface area contributed by atoms with Crippen molar-refractivity contribution in [2.45, 2.75) is 24.2 Å². The topological polar surface area (TPSA) is 29.5 Å². The van der Waals surface area contributed by atoms with Crippen molar-refractivity contribution in [2.24, 2.45) is 0 Å². The Morgan fingerprint density at radius 2 is 2.20 bits per heavy atom. The lowest BCUT2D eigenvalue weighted by Gasteiger charge is -2.28. The molecule has 1 aliphatic rings. The fraction of sp³-hybridized carbons (Fsp3) is 0.500. The number of rotatable bonds is 2. The number of benzene rings is 1. The third-order valence-corrected chi connectivity index (χ3v) is 4.43. The molecule has 82 valence electrons. The largest absolute Gasteiger partial charge is 0.496 e. The van der Waals surface area contributed by atoms with E-state index in [2.05, 4.69) is 6.92 Å². The first-order chi connectivity index (χ1) is 7.18. The van der Waals surface area contributed by atoms with E-state index in [1.165, 1.54) is 0 Å². The Balaban J connectivity index is 2.43. The Labute approximate surface area is 94.6 Å². The maximum Gasteiger partial charge on any atom is 0.124 e. The van der Waals surface area contributed by atoms with E-state index >= 15 is 0 Å². The summed E-state index contributed by atoms with van der Waals surface area (Å²) in [7, 11) is 1.65. The maximum atomic E-state index is 10.6. The van der Waals surface area contributed by atoms with Crippen molar-refractivity contribution in [1.29, 1.82) is 0 Å². The number of hydrogen-bond donors (Lipinski definition) is 1. The molecule has 0 spiro atoms. The molecule has 15 heavy (non-hydrogen) atoms. The predicted molar refractivity (Wildman–Crippen MR) is 63.4 cm³/mol. The summed E-state index contributed by atoms with van der Waals surface area (Å²) in [6.07, 6.45) is 0.805. The number of thioether (sulfide) groups is 1. The van der Waals surface area contributed by atoms with Gasteiger partial charge in [0.15, 0.2) is 0 Å². The molecule has 2 rings (SSSR count). The fourth-order valence-electron chi connectivity index (χ4n) is 2.09. The van der Waals surface area contributed by atoms with Crippen LogP contribution in [0.15, 0.2) is 24.3 Å². The number of aliphatic hydroxyl groups is 1. The predicted octanol–water partition coefficient (Wildman–Crippen LogP) is 2.41. The Hall–Kier alpha value is -0.670. The van der Waals surface area contributed by atoms with Crippen LogP contribution in [0.1, 0.15) is 18.9 Å². The van der Waals surface area contributed by atoms with Crippen LogP contribution < -0.4 is 4.74 Å². The lowest BCUT2D eigenvalue weighted by Crippen LogP contribution is -2.31. The van der Waals surface area contributed by atoms with Gasteiger partial charge in [0.25, 0.3) is 0 Å². The van der Waals surface area contributed by atoms with E-state index in [0.29, 0.717) is 0 Å². The van der Waals surface area contributed by atoms with Crippen LogP contribution in [0.2, 0.25) is 0 Å². The van der Waals surface area contributed by atoms with E-state index in [4.69, 9.17) is 4.74 Å². The van der Waals surface area contributed by atoms with E-state index < -0.39 is 5.60 Å². The second kappa shape index (κ2) is 4.06. The molecule has 0 radical (unpaired) electrons. The molecule has 0 saturated carbocycles. The number of para-hydroxylation sites is 1. The Morgan fingerprint density at radius 1 is 1.47 bits per heavy atom. The summed E-state index contributed by atoms with van der Waals surface area (Å²) in [6, 6.07) is 7.74. The summed E-state index contributed by atoms with van der Waals surface area (Å²) in [5.41, 5.74) is 0.196. The molecule has 0 aromatic heterocycles. The van der Waals surface area contributed by atoms with Crippen LogP contribution in [0, 0.1) is 0 Å². The second-order valence-corrected chi connectivity index (χ2v) is 5.34. The summed E-state index contributed by atoms with van der Waals surface area (Å²) in [6.45, 7) is 2.07. The minimum absolute atomic E-state index is 0.230. The van der Waals surface area contributed by atoms with Gasteiger partial charge < -0.3 is 9.84 Å². The minimum Gasteiger partial charge on any atom is -0.496 e. The highest BCUT2D eigenvalue weighted by Crippen LogP contribution is 2.45. The van der Waals surface area contributed by atoms with Crippen LogP contribution in [0.5, 0.6) is 5.75 Å². The van der Waals surface area contributed by atoms with E-state index in [1.807, 2.05) is 36.0 Å². The van der Waals surface area contributed by atoms with Gasteiger partial charge in [0.2, 0.25) is 0 Å². The molecular weight excluding hydrogens is 208 g/mol. The smallest absolute Gasteiger partial charge is 0.124 e. The molecule has 1 heterocycles. The lowest BCUT2D eigenvalue weighted by atomic mass is 9.88. The van der Waals surface area contributed by atoms with Crippen LogP contribution in [0.25, 0.3) is 0 Å². The summed E-state index contributed by atoms with van der Waals surface area (Å²) < 4.78 is 5.30. The van der Waals surface area contributed by atoms with Crippen LogP contribution in [0.3, 0.4) is 0 Å². The number of methoxy groups -OCH3 is 1. The molecule has 1 saturated heterocycles. The Morgan fingerprint density at radius 3 is 2.80 bits per heavy atom. The van der Waals surface area contributed by atoms with E-state index in [9.17, 15) is 5.11 Å². The van der Waals surface area contributed by atoms with Crippen molar-refractivity contribution in [3.8, 4) is 5.75 Å². The maximum absolute atomic E-state index is 10.6. The number of ether oxygens (including phenoxy) is 1. The first kappa shape index (κ1) is 10.8. The second-order valence-electron chi connectivity index (χ2n) is 3.89. The summed E-state index contributed by atoms with van der Waals surface area (Å²) in [5, 5.41) is 10.9. The van der Waals surface area contributed by atoms with Crippen LogP contribution in [-0.4, -0.2) is 23.2 Å². The molecule has 0 unspecified atom stereocenters. The zero-order chi connectivity index (χ0) is 10.9. The molecule has 0 bridgehead atoms. The van der Waals surface area contributed by atoms with Gasteiger partial charge in [0, 0.05) is 10.8 Å². The molecule has 1 N–H and O–H groups in total. The highest BCUT2D eigenvalue weighted by atomic mass is 32.2. The van der Waals surface area contributed by atoms with Gasteiger partial charge in [-0.2, -0.15) is 11.8 Å². The van der Waals surface area contributed by atoms with Crippen LogP contribution in [-0.2, 0) is 5.60 Å². The summed E-state index contributed by atoms with van der Waals surface area (Å²) >= 11 is 1.81. The molecule has 3 heteroatoms. The van der Waals surface area contributed by atoms with Crippen molar-refractivity contribution in [1.82, 2.24) is 0 Å². The molecule has 1 aromatic rings. The van der Waals surface area contributed by atoms with Gasteiger partial charge in [-0.3, -0.25) is 0 Å². The summed E-state index contributed by atoms with van der Waals surface area (Å²) in [4.78, 5) is 0. The Bertz CT molecular complexity index is 353. The van der Waals surface area contributed by atoms with E-state index in [-0.39, 0.29) is 5.25 Å². The average molecular weight is 224 g/mol. The molecule has 2 nitrogen and oxygen atoms in total. The van der Waals surface area contributed by atoms with Gasteiger partial charge in [-0.15, -0.1) is 0 Å². The molecule has 1 aromatic carbocycles. The third kappa shape index (κ3) is 1.74. The van der Waals surface area contributed by atoms with E-state index in [1.54, 1.807) is 7.11 Å². The first-order valence-electron chi connectivity index (χ1n) is 5.16. The first-order valence-corrected chi connectivity index (χ1v) is 6.21. The monoisotopic (exact) mass is 224 g/mol. The normalized spacial score (nSPS) is 30.5. The van der Waals surface area contributed by atoms with Gasteiger partial charge in [0.05, 0.1) is 7.11 Å². The van der Waals surface area contributed by atoms with Crippen molar-refractivity contribution in [2.75, 3.05) is 12.9 Å². The van der Waals surface area contributed by atoms with Crippen molar-refractivity contribution in [3.63, 3.8) is 0 Å². The minimum atomic E-state index is -0.725. The molecule has 0 aliphatic carbocycles. The van der Waals surface area contributed by atoms with Gasteiger partial charge in [-0.1, -0.05) is 25.1 Å². The standard InChI is InChI=1S/C12H16O2S/c1-9-12(13,7-8-15-9)10-5-3-4-6-11(10)14-2/h3-6,9,13H,7-8H2,1-2H3/t9-,12+/m0/s1. The van der Waals surface area contributed by atoms with E-state index in [0.717, 1.165) is 23.5 Å². The van der Waals surface area contributed by atoms with Crippen LogP contribution >= 0.6 is 11.8 Å². The van der Waals surface area contributed by atoms with Gasteiger partial charge in [0.1, 0.15) is 11.4 Å². The molecule has 1 fully saturated rings. The van der Waals surface area contributed by atoms with Crippen molar-refractivity contribution < 1.29 is 9.84 Å². The average Bonchev–Trinajstić information content (AvgIpc) is 2.60. The van der Waals surface area contributed by atoms with Gasteiger partial charge >= 0.3 is 0 Å². The SMILES string of the molecule is COc1ccccc1[C@@]1(O)CCS[C@H]1C. The lowest BCUT2D eigenvalue weighted by molar-refractivity contribution is 0.0402. The molecular formula is C12H16O2S. The highest BCUT2D eigenvalue weighted by molar-refractivity contribution is 8.00.